The lowest BCUT2D eigenvalue weighted by molar-refractivity contribution is 0.0958. The summed E-state index contributed by atoms with van der Waals surface area (Å²) in [7, 11) is -3.45. The van der Waals surface area contributed by atoms with E-state index in [1.807, 2.05) is 6.07 Å². The van der Waals surface area contributed by atoms with Gasteiger partial charge in [-0.2, -0.15) is 5.10 Å². The minimum absolute atomic E-state index is 0.0605. The molecule has 0 radical (unpaired) electrons. The van der Waals surface area contributed by atoms with Crippen LogP contribution in [-0.2, 0) is 22.7 Å². The third-order valence-corrected chi connectivity index (χ3v) is 8.48. The van der Waals surface area contributed by atoms with Crippen LogP contribution in [0.1, 0.15) is 51.9 Å². The van der Waals surface area contributed by atoms with Crippen LogP contribution in [0.4, 0.5) is 4.39 Å². The van der Waals surface area contributed by atoms with E-state index in [1.165, 1.54) is 27.8 Å². The molecular formula is C20H21FN2O3S2. The number of fused-ring (bicyclic) bond motifs is 2. The van der Waals surface area contributed by atoms with Gasteiger partial charge in [-0.05, 0) is 55.0 Å². The summed E-state index contributed by atoms with van der Waals surface area (Å²) in [6.07, 6.45) is 4.45. The number of hydrogen-bond acceptors (Lipinski definition) is 5. The third-order valence-electron chi connectivity index (χ3n) is 5.47. The highest BCUT2D eigenvalue weighted by molar-refractivity contribution is 7.91. The van der Waals surface area contributed by atoms with Crippen LogP contribution >= 0.6 is 11.3 Å². The molecule has 1 unspecified atom stereocenters. The molecule has 1 aliphatic heterocycles. The van der Waals surface area contributed by atoms with Crippen molar-refractivity contribution in [2.24, 2.45) is 11.0 Å². The minimum atomic E-state index is -3.45. The van der Waals surface area contributed by atoms with Crippen molar-refractivity contribution in [3.63, 3.8) is 0 Å². The summed E-state index contributed by atoms with van der Waals surface area (Å²) in [5, 5.41) is 4.14. The van der Waals surface area contributed by atoms with Crippen molar-refractivity contribution in [3.8, 4) is 0 Å². The highest BCUT2D eigenvalue weighted by atomic mass is 32.2. The van der Waals surface area contributed by atoms with Gasteiger partial charge in [0.2, 0.25) is 0 Å². The van der Waals surface area contributed by atoms with E-state index < -0.39 is 15.7 Å². The summed E-state index contributed by atoms with van der Waals surface area (Å²) in [5.74, 6) is -0.280. The van der Waals surface area contributed by atoms with Gasteiger partial charge in [-0.25, -0.2) is 18.2 Å². The molecule has 0 fully saturated rings. The fourth-order valence-electron chi connectivity index (χ4n) is 3.82. The second-order valence-electron chi connectivity index (χ2n) is 7.28. The Morgan fingerprint density at radius 1 is 1.32 bits per heavy atom. The Morgan fingerprint density at radius 3 is 2.93 bits per heavy atom. The molecule has 1 aromatic carbocycles. The Labute approximate surface area is 167 Å². The van der Waals surface area contributed by atoms with Crippen LogP contribution in [0.25, 0.3) is 0 Å². The van der Waals surface area contributed by atoms with Gasteiger partial charge in [-0.1, -0.05) is 13.3 Å². The molecule has 0 bridgehead atoms. The Bertz CT molecular complexity index is 1070. The van der Waals surface area contributed by atoms with E-state index in [9.17, 15) is 17.6 Å². The van der Waals surface area contributed by atoms with Gasteiger partial charge >= 0.3 is 0 Å². The van der Waals surface area contributed by atoms with Gasteiger partial charge in [0.05, 0.1) is 21.2 Å². The average molecular weight is 421 g/mol. The van der Waals surface area contributed by atoms with Crippen molar-refractivity contribution in [2.45, 2.75) is 43.9 Å². The molecule has 5 nitrogen and oxygen atoms in total. The van der Waals surface area contributed by atoms with Gasteiger partial charge in [0.25, 0.3) is 5.91 Å². The summed E-state index contributed by atoms with van der Waals surface area (Å²) in [6, 6.07) is 5.48. The van der Waals surface area contributed by atoms with Crippen molar-refractivity contribution in [1.82, 2.24) is 5.43 Å². The SMILES string of the molecule is CCC1CCc2sc(C(=O)NN=C3CCS(=O)(=O)c4ccc(F)cc43)cc2C1. The van der Waals surface area contributed by atoms with Crippen LogP contribution in [0.5, 0.6) is 0 Å². The molecule has 28 heavy (non-hydrogen) atoms. The number of benzene rings is 1. The maximum Gasteiger partial charge on any atom is 0.281 e. The molecule has 1 atom stereocenters. The lowest BCUT2D eigenvalue weighted by Crippen LogP contribution is -2.26. The molecular weight excluding hydrogens is 399 g/mol. The molecule has 2 aromatic rings. The number of hydrogen-bond donors (Lipinski definition) is 1. The first-order chi connectivity index (χ1) is 13.4. The quantitative estimate of drug-likeness (QED) is 0.607. The molecule has 2 heterocycles. The highest BCUT2D eigenvalue weighted by Gasteiger charge is 2.28. The van der Waals surface area contributed by atoms with Crippen LogP contribution in [0, 0.1) is 11.7 Å². The largest absolute Gasteiger partial charge is 0.281 e. The number of thiophene rings is 1. The number of carbonyl (C=O) groups excluding carboxylic acids is 1. The molecule has 8 heteroatoms. The first-order valence-corrected chi connectivity index (χ1v) is 11.9. The lowest BCUT2D eigenvalue weighted by atomic mass is 9.87. The second kappa shape index (κ2) is 7.40. The van der Waals surface area contributed by atoms with Crippen LogP contribution in [0.15, 0.2) is 34.3 Å². The lowest BCUT2D eigenvalue weighted by Gasteiger charge is -2.19. The fraction of sp³-hybridized carbons (Fsp3) is 0.400. The number of halogens is 1. The van der Waals surface area contributed by atoms with Crippen LogP contribution in [0.2, 0.25) is 0 Å². The number of amides is 1. The predicted molar refractivity (Wildman–Crippen MR) is 107 cm³/mol. The molecule has 0 saturated heterocycles. The van der Waals surface area contributed by atoms with E-state index in [1.54, 1.807) is 0 Å². The first kappa shape index (κ1) is 19.3. The molecule has 1 aliphatic carbocycles. The van der Waals surface area contributed by atoms with Gasteiger partial charge in [0.15, 0.2) is 9.84 Å². The van der Waals surface area contributed by atoms with Gasteiger partial charge in [0, 0.05) is 16.9 Å². The Kier molecular flexibility index (Phi) is 5.09. The summed E-state index contributed by atoms with van der Waals surface area (Å²) < 4.78 is 38.0. The Morgan fingerprint density at radius 2 is 2.14 bits per heavy atom. The van der Waals surface area contributed by atoms with E-state index in [0.717, 1.165) is 37.8 Å². The zero-order valence-corrected chi connectivity index (χ0v) is 17.1. The van der Waals surface area contributed by atoms with E-state index >= 15 is 0 Å². The van der Waals surface area contributed by atoms with Gasteiger partial charge in [-0.3, -0.25) is 4.79 Å². The molecule has 4 rings (SSSR count). The predicted octanol–water partition coefficient (Wildman–Crippen LogP) is 3.71. The minimum Gasteiger partial charge on any atom is -0.266 e. The second-order valence-corrected chi connectivity index (χ2v) is 10.5. The Balaban J connectivity index is 1.56. The summed E-state index contributed by atoms with van der Waals surface area (Å²) >= 11 is 1.49. The Hall–Kier alpha value is -2.06. The normalized spacial score (nSPS) is 21.8. The summed E-state index contributed by atoms with van der Waals surface area (Å²) in [4.78, 5) is 14.5. The monoisotopic (exact) mass is 420 g/mol. The fourth-order valence-corrected chi connectivity index (χ4v) is 6.39. The van der Waals surface area contributed by atoms with E-state index in [0.29, 0.717) is 16.5 Å². The topological polar surface area (TPSA) is 75.6 Å². The zero-order valence-electron chi connectivity index (χ0n) is 15.5. The van der Waals surface area contributed by atoms with Gasteiger partial charge in [0.1, 0.15) is 5.82 Å². The van der Waals surface area contributed by atoms with Crippen molar-refractivity contribution in [2.75, 3.05) is 5.75 Å². The van der Waals surface area contributed by atoms with E-state index in [2.05, 4.69) is 17.5 Å². The summed E-state index contributed by atoms with van der Waals surface area (Å²) in [6.45, 7) is 2.19. The number of nitrogens with one attached hydrogen (secondary N) is 1. The van der Waals surface area contributed by atoms with Crippen LogP contribution in [-0.4, -0.2) is 25.8 Å². The van der Waals surface area contributed by atoms with Crippen molar-refractivity contribution in [1.29, 1.82) is 0 Å². The molecule has 0 saturated carbocycles. The third kappa shape index (κ3) is 3.63. The number of sulfone groups is 1. The molecule has 148 valence electrons. The molecule has 0 spiro atoms. The van der Waals surface area contributed by atoms with Crippen molar-refractivity contribution < 1.29 is 17.6 Å². The molecule has 1 amide bonds. The zero-order chi connectivity index (χ0) is 19.9. The molecule has 2 aliphatic rings. The number of aryl methyl sites for hydroxylation is 1. The average Bonchev–Trinajstić information content (AvgIpc) is 3.10. The summed E-state index contributed by atoms with van der Waals surface area (Å²) in [5.41, 5.74) is 4.38. The maximum absolute atomic E-state index is 13.6. The van der Waals surface area contributed by atoms with Gasteiger partial charge in [-0.15, -0.1) is 11.3 Å². The smallest absolute Gasteiger partial charge is 0.266 e. The number of hydrazone groups is 1. The standard InChI is InChI=1S/C20H21FN2O3S2/c1-2-12-3-5-17-13(9-12)10-18(27-17)20(24)23-22-16-7-8-28(25,26)19-6-4-14(21)11-15(16)19/h4,6,10-12H,2-3,5,7-9H2,1H3,(H,23,24). The first-order valence-electron chi connectivity index (χ1n) is 9.38. The number of rotatable bonds is 3. The van der Waals surface area contributed by atoms with Crippen LogP contribution < -0.4 is 5.43 Å². The number of nitrogens with zero attached hydrogens (tertiary/aromatic N) is 1. The number of carbonyl (C=O) groups is 1. The van der Waals surface area contributed by atoms with Crippen LogP contribution in [0.3, 0.4) is 0 Å². The van der Waals surface area contributed by atoms with E-state index in [-0.39, 0.29) is 28.5 Å². The van der Waals surface area contributed by atoms with Crippen molar-refractivity contribution >= 4 is 32.8 Å². The van der Waals surface area contributed by atoms with Gasteiger partial charge < -0.3 is 0 Å². The van der Waals surface area contributed by atoms with Crippen molar-refractivity contribution in [3.05, 3.63) is 51.0 Å². The highest BCUT2D eigenvalue weighted by Crippen LogP contribution is 2.33. The molecule has 1 N–H and O–H groups in total. The maximum atomic E-state index is 13.6. The molecule has 1 aromatic heterocycles. The van der Waals surface area contributed by atoms with E-state index in [4.69, 9.17) is 0 Å².